The van der Waals surface area contributed by atoms with Gasteiger partial charge in [0.05, 0.1) is 6.61 Å². The van der Waals surface area contributed by atoms with Crippen molar-refractivity contribution in [3.8, 4) is 5.75 Å². The lowest BCUT2D eigenvalue weighted by Crippen LogP contribution is -2.20. The predicted octanol–water partition coefficient (Wildman–Crippen LogP) is 4.43. The van der Waals surface area contributed by atoms with Crippen LogP contribution in [0.25, 0.3) is 16.8 Å². The first-order valence-electron chi connectivity index (χ1n) is 9.00. The van der Waals surface area contributed by atoms with Gasteiger partial charge >= 0.3 is 5.97 Å². The lowest BCUT2D eigenvalue weighted by molar-refractivity contribution is -0.142. The topological polar surface area (TPSA) is 64.6 Å². The summed E-state index contributed by atoms with van der Waals surface area (Å²) in [6, 6.07) is 20.8. The average molecular weight is 375 g/mol. The summed E-state index contributed by atoms with van der Waals surface area (Å²) in [4.78, 5) is 23.8. The molecule has 0 bridgehead atoms. The molecule has 5 nitrogen and oxygen atoms in total. The van der Waals surface area contributed by atoms with E-state index in [2.05, 4.69) is 5.32 Å². The minimum atomic E-state index is -0.581. The summed E-state index contributed by atoms with van der Waals surface area (Å²) in [6.45, 7) is 2.17. The lowest BCUT2D eigenvalue weighted by Gasteiger charge is -2.07. The van der Waals surface area contributed by atoms with Crippen LogP contribution in [0.5, 0.6) is 5.75 Å². The van der Waals surface area contributed by atoms with Crippen LogP contribution in [0.4, 0.5) is 5.69 Å². The van der Waals surface area contributed by atoms with Crippen LogP contribution in [0.1, 0.15) is 12.5 Å². The molecule has 1 amide bonds. The van der Waals surface area contributed by atoms with Gasteiger partial charge in [-0.25, -0.2) is 4.79 Å². The molecule has 0 radical (unpaired) electrons. The molecule has 3 rings (SSSR count). The molecule has 1 N–H and O–H groups in total. The number of esters is 1. The molecule has 5 heteroatoms. The molecule has 0 unspecified atom stereocenters. The molecule has 0 aliphatic rings. The van der Waals surface area contributed by atoms with Crippen LogP contribution in [-0.4, -0.2) is 25.1 Å². The van der Waals surface area contributed by atoms with Gasteiger partial charge in [0.25, 0.3) is 5.91 Å². The van der Waals surface area contributed by atoms with Gasteiger partial charge in [0.15, 0.2) is 6.61 Å². The van der Waals surface area contributed by atoms with Crippen molar-refractivity contribution < 1.29 is 19.1 Å². The highest BCUT2D eigenvalue weighted by Gasteiger charge is 2.06. The molecule has 0 atom stereocenters. The Hall–Kier alpha value is -3.60. The molecule has 0 spiro atoms. The van der Waals surface area contributed by atoms with E-state index in [1.165, 1.54) is 6.08 Å². The maximum absolute atomic E-state index is 12.0. The summed E-state index contributed by atoms with van der Waals surface area (Å²) in [7, 11) is 0. The molecule has 28 heavy (non-hydrogen) atoms. The van der Waals surface area contributed by atoms with E-state index in [0.29, 0.717) is 12.3 Å². The fourth-order valence-corrected chi connectivity index (χ4v) is 2.66. The summed E-state index contributed by atoms with van der Waals surface area (Å²) >= 11 is 0. The van der Waals surface area contributed by atoms with Gasteiger partial charge in [0, 0.05) is 11.8 Å². The lowest BCUT2D eigenvalue weighted by atomic mass is 10.1. The third kappa shape index (κ3) is 5.45. The SMILES string of the molecule is CCOc1ccc(/C=C/C(=O)OCC(=O)Nc2ccc3ccccc3c2)cc1. The maximum atomic E-state index is 12.0. The highest BCUT2D eigenvalue weighted by molar-refractivity contribution is 5.96. The molecule has 0 saturated carbocycles. The summed E-state index contributed by atoms with van der Waals surface area (Å²) in [5, 5.41) is 4.84. The first kappa shape index (κ1) is 19.2. The van der Waals surface area contributed by atoms with Crippen LogP contribution >= 0.6 is 0 Å². The van der Waals surface area contributed by atoms with E-state index in [0.717, 1.165) is 22.1 Å². The molecular formula is C23H21NO4. The highest BCUT2D eigenvalue weighted by atomic mass is 16.5. The Bertz CT molecular complexity index is 993. The Labute approximate surface area is 163 Å². The summed E-state index contributed by atoms with van der Waals surface area (Å²) in [5.41, 5.74) is 1.49. The minimum Gasteiger partial charge on any atom is -0.494 e. The van der Waals surface area contributed by atoms with E-state index in [4.69, 9.17) is 9.47 Å². The molecule has 142 valence electrons. The number of ether oxygens (including phenoxy) is 2. The molecular weight excluding hydrogens is 354 g/mol. The normalized spacial score (nSPS) is 10.8. The number of benzene rings is 3. The highest BCUT2D eigenvalue weighted by Crippen LogP contribution is 2.18. The largest absolute Gasteiger partial charge is 0.494 e. The van der Waals surface area contributed by atoms with E-state index in [-0.39, 0.29) is 6.61 Å². The standard InChI is InChI=1S/C23H21NO4/c1-2-27-21-12-7-17(8-13-21)9-14-23(26)28-16-22(25)24-20-11-10-18-5-3-4-6-19(18)15-20/h3-15H,2,16H2,1H3,(H,24,25)/b14-9+. The van der Waals surface area contributed by atoms with Crippen molar-refractivity contribution in [3.05, 3.63) is 78.4 Å². The minimum absolute atomic E-state index is 0.348. The number of fused-ring (bicyclic) bond motifs is 1. The number of anilines is 1. The van der Waals surface area contributed by atoms with Gasteiger partial charge < -0.3 is 14.8 Å². The van der Waals surface area contributed by atoms with Crippen LogP contribution in [0.3, 0.4) is 0 Å². The van der Waals surface area contributed by atoms with E-state index in [1.807, 2.05) is 73.7 Å². The number of carbonyl (C=O) groups is 2. The number of nitrogens with one attached hydrogen (secondary N) is 1. The third-order valence-electron chi connectivity index (χ3n) is 3.98. The van der Waals surface area contributed by atoms with Crippen molar-refractivity contribution in [2.24, 2.45) is 0 Å². The molecule has 0 aromatic heterocycles. The second-order valence-electron chi connectivity index (χ2n) is 6.05. The molecule has 3 aromatic rings. The Kier molecular flexibility index (Phi) is 6.41. The van der Waals surface area contributed by atoms with Crippen molar-refractivity contribution in [3.63, 3.8) is 0 Å². The maximum Gasteiger partial charge on any atom is 0.331 e. The molecule has 0 fully saturated rings. The number of rotatable bonds is 7. The van der Waals surface area contributed by atoms with E-state index < -0.39 is 11.9 Å². The van der Waals surface area contributed by atoms with Gasteiger partial charge in [0.2, 0.25) is 0 Å². The van der Waals surface area contributed by atoms with Crippen LogP contribution < -0.4 is 10.1 Å². The van der Waals surface area contributed by atoms with Gasteiger partial charge in [0.1, 0.15) is 5.75 Å². The average Bonchev–Trinajstić information content (AvgIpc) is 2.72. The first-order valence-corrected chi connectivity index (χ1v) is 9.00. The van der Waals surface area contributed by atoms with Crippen LogP contribution in [0.2, 0.25) is 0 Å². The molecule has 3 aromatic carbocycles. The van der Waals surface area contributed by atoms with Crippen molar-refractivity contribution in [2.45, 2.75) is 6.92 Å². The Balaban J connectivity index is 1.48. The van der Waals surface area contributed by atoms with Gasteiger partial charge in [-0.2, -0.15) is 0 Å². The molecule has 0 aliphatic heterocycles. The van der Waals surface area contributed by atoms with E-state index >= 15 is 0 Å². The van der Waals surface area contributed by atoms with Crippen molar-refractivity contribution in [1.29, 1.82) is 0 Å². The summed E-state index contributed by atoms with van der Waals surface area (Å²) in [5.74, 6) is -0.201. The van der Waals surface area contributed by atoms with Gasteiger partial charge in [-0.3, -0.25) is 4.79 Å². The third-order valence-corrected chi connectivity index (χ3v) is 3.98. The van der Waals surface area contributed by atoms with Gasteiger partial charge in [-0.1, -0.05) is 42.5 Å². The Morgan fingerprint density at radius 3 is 2.46 bits per heavy atom. The van der Waals surface area contributed by atoms with Crippen molar-refractivity contribution >= 4 is 34.4 Å². The fraction of sp³-hybridized carbons (Fsp3) is 0.130. The van der Waals surface area contributed by atoms with Crippen molar-refractivity contribution in [1.82, 2.24) is 0 Å². The summed E-state index contributed by atoms with van der Waals surface area (Å²) < 4.78 is 10.3. The van der Waals surface area contributed by atoms with Crippen LogP contribution in [-0.2, 0) is 14.3 Å². The first-order chi connectivity index (χ1) is 13.6. The van der Waals surface area contributed by atoms with Crippen LogP contribution in [0.15, 0.2) is 72.8 Å². The Morgan fingerprint density at radius 2 is 1.71 bits per heavy atom. The smallest absolute Gasteiger partial charge is 0.331 e. The second-order valence-corrected chi connectivity index (χ2v) is 6.05. The molecule has 0 heterocycles. The monoisotopic (exact) mass is 375 g/mol. The quantitative estimate of drug-likeness (QED) is 0.490. The zero-order valence-electron chi connectivity index (χ0n) is 15.6. The van der Waals surface area contributed by atoms with Gasteiger partial charge in [-0.05, 0) is 53.6 Å². The second kappa shape index (κ2) is 9.37. The Morgan fingerprint density at radius 1 is 0.964 bits per heavy atom. The number of carbonyl (C=O) groups excluding carboxylic acids is 2. The van der Waals surface area contributed by atoms with E-state index in [9.17, 15) is 9.59 Å². The zero-order valence-corrected chi connectivity index (χ0v) is 15.6. The summed E-state index contributed by atoms with van der Waals surface area (Å²) in [6.07, 6.45) is 2.91. The number of amides is 1. The van der Waals surface area contributed by atoms with Crippen LogP contribution in [0, 0.1) is 0 Å². The number of hydrogen-bond acceptors (Lipinski definition) is 4. The van der Waals surface area contributed by atoms with Gasteiger partial charge in [-0.15, -0.1) is 0 Å². The zero-order chi connectivity index (χ0) is 19.8. The molecule has 0 saturated heterocycles. The fourth-order valence-electron chi connectivity index (χ4n) is 2.66. The molecule has 0 aliphatic carbocycles. The number of hydrogen-bond donors (Lipinski definition) is 1. The predicted molar refractivity (Wildman–Crippen MR) is 110 cm³/mol. The van der Waals surface area contributed by atoms with E-state index in [1.54, 1.807) is 6.08 Å². The van der Waals surface area contributed by atoms with Crippen molar-refractivity contribution in [2.75, 3.05) is 18.5 Å².